The number of aliphatic hydroxyl groups excluding tert-OH is 1. The van der Waals surface area contributed by atoms with Crippen molar-refractivity contribution in [2.45, 2.75) is 26.1 Å². The van der Waals surface area contributed by atoms with Crippen LogP contribution < -0.4 is 0 Å². The molecule has 1 heterocycles. The summed E-state index contributed by atoms with van der Waals surface area (Å²) >= 11 is 0. The molecule has 3 unspecified atom stereocenters. The minimum Gasteiger partial charge on any atom is -0.481 e. The summed E-state index contributed by atoms with van der Waals surface area (Å²) < 4.78 is 4.94. The summed E-state index contributed by atoms with van der Waals surface area (Å²) in [5, 5.41) is 18.0. The summed E-state index contributed by atoms with van der Waals surface area (Å²) in [7, 11) is 0. The number of hydrogen-bond acceptors (Lipinski definition) is 3. The highest BCUT2D eigenvalue weighted by Gasteiger charge is 2.29. The highest BCUT2D eigenvalue weighted by atomic mass is 16.5. The van der Waals surface area contributed by atoms with Gasteiger partial charge in [-0.05, 0) is 13.0 Å². The molecule has 1 rings (SSSR count). The first kappa shape index (κ1) is 9.06. The van der Waals surface area contributed by atoms with E-state index >= 15 is 0 Å². The van der Waals surface area contributed by atoms with E-state index in [1.165, 1.54) is 6.08 Å². The zero-order chi connectivity index (χ0) is 9.30. The summed E-state index contributed by atoms with van der Waals surface area (Å²) in [5.74, 6) is -1.32. The SMILES string of the molecule is CC1C=C(C(=O)O)OC(C)C1O. The van der Waals surface area contributed by atoms with Gasteiger partial charge in [0.25, 0.3) is 0 Å². The van der Waals surface area contributed by atoms with Crippen molar-refractivity contribution in [2.75, 3.05) is 0 Å². The van der Waals surface area contributed by atoms with Gasteiger partial charge >= 0.3 is 5.97 Å². The van der Waals surface area contributed by atoms with E-state index in [2.05, 4.69) is 0 Å². The predicted molar refractivity (Wildman–Crippen MR) is 41.4 cm³/mol. The number of rotatable bonds is 1. The van der Waals surface area contributed by atoms with E-state index in [1.807, 2.05) is 0 Å². The molecule has 0 aromatic rings. The molecule has 1 aliphatic heterocycles. The summed E-state index contributed by atoms with van der Waals surface area (Å²) in [6.07, 6.45) is 0.358. The average Bonchev–Trinajstić information content (AvgIpc) is 1.99. The van der Waals surface area contributed by atoms with Crippen molar-refractivity contribution in [1.29, 1.82) is 0 Å². The zero-order valence-electron chi connectivity index (χ0n) is 7.02. The van der Waals surface area contributed by atoms with Gasteiger partial charge in [-0.1, -0.05) is 6.92 Å². The molecule has 0 fully saturated rings. The highest BCUT2D eigenvalue weighted by molar-refractivity contribution is 5.84. The lowest BCUT2D eigenvalue weighted by molar-refractivity contribution is -0.140. The summed E-state index contributed by atoms with van der Waals surface area (Å²) in [4.78, 5) is 10.5. The molecule has 0 saturated heterocycles. The maximum Gasteiger partial charge on any atom is 0.370 e. The van der Waals surface area contributed by atoms with Crippen molar-refractivity contribution in [3.05, 3.63) is 11.8 Å². The maximum absolute atomic E-state index is 10.5. The third-order valence-corrected chi connectivity index (χ3v) is 1.96. The standard InChI is InChI=1S/C8H12O4/c1-4-3-6(8(10)11)12-5(2)7(4)9/h3-5,7,9H,1-2H3,(H,10,11). The Morgan fingerprint density at radius 1 is 1.58 bits per heavy atom. The van der Waals surface area contributed by atoms with Gasteiger partial charge in [0.1, 0.15) is 6.10 Å². The minimum atomic E-state index is -1.08. The number of aliphatic carboxylic acids is 1. The van der Waals surface area contributed by atoms with Crippen molar-refractivity contribution in [2.24, 2.45) is 5.92 Å². The monoisotopic (exact) mass is 172 g/mol. The van der Waals surface area contributed by atoms with Crippen LogP contribution in [0.2, 0.25) is 0 Å². The number of carboxylic acids is 1. The third-order valence-electron chi connectivity index (χ3n) is 1.96. The first-order chi connectivity index (χ1) is 5.52. The first-order valence-corrected chi connectivity index (χ1v) is 3.82. The predicted octanol–water partition coefficient (Wildman–Crippen LogP) is 0.371. The van der Waals surface area contributed by atoms with Gasteiger partial charge in [-0.25, -0.2) is 4.79 Å². The molecule has 2 N–H and O–H groups in total. The lowest BCUT2D eigenvalue weighted by Gasteiger charge is -2.28. The van der Waals surface area contributed by atoms with Gasteiger partial charge in [0.05, 0.1) is 6.10 Å². The van der Waals surface area contributed by atoms with Gasteiger partial charge in [-0.15, -0.1) is 0 Å². The van der Waals surface area contributed by atoms with Gasteiger partial charge in [0, 0.05) is 5.92 Å². The quantitative estimate of drug-likeness (QED) is 0.599. The second kappa shape index (κ2) is 3.15. The molecule has 1 aliphatic rings. The second-order valence-electron chi connectivity index (χ2n) is 3.01. The molecule has 0 radical (unpaired) electrons. The van der Waals surface area contributed by atoms with Crippen LogP contribution in [0.3, 0.4) is 0 Å². The van der Waals surface area contributed by atoms with Crippen LogP contribution in [0.4, 0.5) is 0 Å². The molecular weight excluding hydrogens is 160 g/mol. The van der Waals surface area contributed by atoms with Crippen LogP contribution in [0.5, 0.6) is 0 Å². The number of hydrogen-bond donors (Lipinski definition) is 2. The van der Waals surface area contributed by atoms with Crippen molar-refractivity contribution in [3.8, 4) is 0 Å². The lowest BCUT2D eigenvalue weighted by atomic mass is 9.97. The molecule has 0 aliphatic carbocycles. The van der Waals surface area contributed by atoms with E-state index in [-0.39, 0.29) is 11.7 Å². The largest absolute Gasteiger partial charge is 0.481 e. The second-order valence-corrected chi connectivity index (χ2v) is 3.01. The molecule has 0 spiro atoms. The molecule has 0 aromatic heterocycles. The Kier molecular flexibility index (Phi) is 2.38. The Labute approximate surface area is 70.5 Å². The summed E-state index contributed by atoms with van der Waals surface area (Å²) in [6.45, 7) is 3.41. The van der Waals surface area contributed by atoms with Crippen LogP contribution in [-0.4, -0.2) is 28.4 Å². The fourth-order valence-electron chi connectivity index (χ4n) is 1.20. The van der Waals surface area contributed by atoms with E-state index in [1.54, 1.807) is 13.8 Å². The Morgan fingerprint density at radius 2 is 2.17 bits per heavy atom. The maximum atomic E-state index is 10.5. The average molecular weight is 172 g/mol. The van der Waals surface area contributed by atoms with E-state index in [0.29, 0.717) is 0 Å². The molecule has 0 amide bonds. The Bertz CT molecular complexity index is 221. The van der Waals surface area contributed by atoms with Crippen LogP contribution in [0.15, 0.2) is 11.8 Å². The fraction of sp³-hybridized carbons (Fsp3) is 0.625. The molecule has 0 bridgehead atoms. The molecule has 4 nitrogen and oxygen atoms in total. The smallest absolute Gasteiger partial charge is 0.370 e. The van der Waals surface area contributed by atoms with Crippen LogP contribution in [-0.2, 0) is 9.53 Å². The van der Waals surface area contributed by atoms with Crippen LogP contribution in [0.25, 0.3) is 0 Å². The normalized spacial score (nSPS) is 35.2. The van der Waals surface area contributed by atoms with Gasteiger partial charge in [0.15, 0.2) is 0 Å². The van der Waals surface area contributed by atoms with Crippen LogP contribution >= 0.6 is 0 Å². The topological polar surface area (TPSA) is 66.8 Å². The van der Waals surface area contributed by atoms with Crippen molar-refractivity contribution in [3.63, 3.8) is 0 Å². The van der Waals surface area contributed by atoms with E-state index in [4.69, 9.17) is 9.84 Å². The number of carbonyl (C=O) groups is 1. The summed E-state index contributed by atoms with van der Waals surface area (Å²) in [6, 6.07) is 0. The van der Waals surface area contributed by atoms with Crippen molar-refractivity contribution >= 4 is 5.97 Å². The van der Waals surface area contributed by atoms with Gasteiger partial charge in [-0.2, -0.15) is 0 Å². The molecule has 0 saturated carbocycles. The molecule has 3 atom stereocenters. The molecular formula is C8H12O4. The Morgan fingerprint density at radius 3 is 2.58 bits per heavy atom. The number of aliphatic hydroxyl groups is 1. The van der Waals surface area contributed by atoms with Crippen molar-refractivity contribution in [1.82, 2.24) is 0 Å². The number of carboxylic acid groups (broad SMARTS) is 1. The van der Waals surface area contributed by atoms with Gasteiger partial charge in [-0.3, -0.25) is 0 Å². The molecule has 12 heavy (non-hydrogen) atoms. The van der Waals surface area contributed by atoms with Gasteiger partial charge in [0.2, 0.25) is 5.76 Å². The van der Waals surface area contributed by atoms with Crippen LogP contribution in [0.1, 0.15) is 13.8 Å². The van der Waals surface area contributed by atoms with E-state index in [9.17, 15) is 9.90 Å². The van der Waals surface area contributed by atoms with E-state index < -0.39 is 18.2 Å². The van der Waals surface area contributed by atoms with Crippen molar-refractivity contribution < 1.29 is 19.7 Å². The summed E-state index contributed by atoms with van der Waals surface area (Å²) in [5.41, 5.74) is 0. The molecule has 68 valence electrons. The number of ether oxygens (including phenoxy) is 1. The lowest BCUT2D eigenvalue weighted by Crippen LogP contribution is -2.36. The zero-order valence-corrected chi connectivity index (χ0v) is 7.02. The Hall–Kier alpha value is -1.03. The fourth-order valence-corrected chi connectivity index (χ4v) is 1.20. The van der Waals surface area contributed by atoms with E-state index in [0.717, 1.165) is 0 Å². The highest BCUT2D eigenvalue weighted by Crippen LogP contribution is 2.22. The van der Waals surface area contributed by atoms with Crippen LogP contribution in [0, 0.1) is 5.92 Å². The third kappa shape index (κ3) is 1.58. The van der Waals surface area contributed by atoms with Gasteiger partial charge < -0.3 is 14.9 Å². The molecule has 4 heteroatoms. The Balaban J connectivity index is 2.81. The first-order valence-electron chi connectivity index (χ1n) is 3.82. The minimum absolute atomic E-state index is 0.0692. The molecule has 0 aromatic carbocycles.